The Balaban J connectivity index is 2.00. The predicted octanol–water partition coefficient (Wildman–Crippen LogP) is 1.74. The van der Waals surface area contributed by atoms with Gasteiger partial charge < -0.3 is 9.47 Å². The number of rotatable bonds is 4. The number of benzene rings is 1. The Morgan fingerprint density at radius 1 is 1.42 bits per heavy atom. The van der Waals surface area contributed by atoms with E-state index in [1.807, 2.05) is 4.90 Å². The van der Waals surface area contributed by atoms with Crippen LogP contribution in [-0.4, -0.2) is 50.6 Å². The number of ketones is 1. The molecule has 0 spiro atoms. The van der Waals surface area contributed by atoms with Crippen LogP contribution in [0.25, 0.3) is 0 Å². The molecule has 5 heteroatoms. The third-order valence-electron chi connectivity index (χ3n) is 3.16. The summed E-state index contributed by atoms with van der Waals surface area (Å²) in [6, 6.07) is 4.31. The summed E-state index contributed by atoms with van der Waals surface area (Å²) in [4.78, 5) is 14.1. The SMILES string of the molecule is COc1ccc(C(=O)CN2CCCOCC2)cc1F. The van der Waals surface area contributed by atoms with Gasteiger partial charge in [-0.2, -0.15) is 0 Å². The lowest BCUT2D eigenvalue weighted by molar-refractivity contribution is 0.0921. The second-order valence-electron chi connectivity index (χ2n) is 4.51. The molecule has 0 saturated carbocycles. The largest absolute Gasteiger partial charge is 0.494 e. The first-order valence-corrected chi connectivity index (χ1v) is 6.37. The van der Waals surface area contributed by atoms with E-state index in [1.54, 1.807) is 6.07 Å². The summed E-state index contributed by atoms with van der Waals surface area (Å²) in [5.74, 6) is -0.435. The van der Waals surface area contributed by atoms with Crippen molar-refractivity contribution in [3.05, 3.63) is 29.6 Å². The third kappa shape index (κ3) is 3.75. The maximum absolute atomic E-state index is 13.5. The highest BCUT2D eigenvalue weighted by Gasteiger charge is 2.16. The maximum Gasteiger partial charge on any atom is 0.176 e. The van der Waals surface area contributed by atoms with Gasteiger partial charge in [-0.25, -0.2) is 4.39 Å². The molecule has 1 fully saturated rings. The van der Waals surface area contributed by atoms with E-state index in [2.05, 4.69) is 0 Å². The van der Waals surface area contributed by atoms with Crippen LogP contribution in [0.4, 0.5) is 4.39 Å². The number of nitrogens with zero attached hydrogens (tertiary/aromatic N) is 1. The zero-order chi connectivity index (χ0) is 13.7. The molecule has 1 saturated heterocycles. The fraction of sp³-hybridized carbons (Fsp3) is 0.500. The molecule has 104 valence electrons. The summed E-state index contributed by atoms with van der Waals surface area (Å²) < 4.78 is 23.7. The van der Waals surface area contributed by atoms with E-state index >= 15 is 0 Å². The summed E-state index contributed by atoms with van der Waals surface area (Å²) >= 11 is 0. The molecule has 19 heavy (non-hydrogen) atoms. The molecule has 1 aliphatic rings. The van der Waals surface area contributed by atoms with Crippen LogP contribution in [-0.2, 0) is 4.74 Å². The Labute approximate surface area is 112 Å². The number of methoxy groups -OCH3 is 1. The molecule has 0 unspecified atom stereocenters. The van der Waals surface area contributed by atoms with Crippen LogP contribution >= 0.6 is 0 Å². The quantitative estimate of drug-likeness (QED) is 0.779. The van der Waals surface area contributed by atoms with Crippen LogP contribution in [0.2, 0.25) is 0 Å². The van der Waals surface area contributed by atoms with Gasteiger partial charge in [0.1, 0.15) is 0 Å². The molecule has 4 nitrogen and oxygen atoms in total. The first-order valence-electron chi connectivity index (χ1n) is 6.37. The number of Topliss-reactive ketones (excluding diaryl/α,β-unsaturated/α-hetero) is 1. The van der Waals surface area contributed by atoms with Crippen molar-refractivity contribution in [1.29, 1.82) is 0 Å². The summed E-state index contributed by atoms with van der Waals surface area (Å²) in [7, 11) is 1.40. The predicted molar refractivity (Wildman–Crippen MR) is 69.2 cm³/mol. The molecular formula is C14H18FNO3. The lowest BCUT2D eigenvalue weighted by atomic mass is 10.1. The topological polar surface area (TPSA) is 38.8 Å². The summed E-state index contributed by atoms with van der Waals surface area (Å²) in [6.07, 6.45) is 0.921. The average molecular weight is 267 g/mol. The molecule has 1 aromatic carbocycles. The number of halogens is 1. The molecule has 0 aromatic heterocycles. The van der Waals surface area contributed by atoms with Gasteiger partial charge in [0.2, 0.25) is 0 Å². The molecule has 0 aliphatic carbocycles. The lowest BCUT2D eigenvalue weighted by Crippen LogP contribution is -2.32. The van der Waals surface area contributed by atoms with Gasteiger partial charge in [-0.05, 0) is 24.6 Å². The van der Waals surface area contributed by atoms with Crippen molar-refractivity contribution < 1.29 is 18.7 Å². The number of hydrogen-bond donors (Lipinski definition) is 0. The standard InChI is InChI=1S/C14H18FNO3/c1-18-14-4-3-11(9-12(14)15)13(17)10-16-5-2-7-19-8-6-16/h3-4,9H,2,5-8,10H2,1H3. The first-order chi connectivity index (χ1) is 9.20. The molecule has 0 N–H and O–H groups in total. The van der Waals surface area contributed by atoms with Crippen LogP contribution in [0.1, 0.15) is 16.8 Å². The minimum Gasteiger partial charge on any atom is -0.494 e. The highest BCUT2D eigenvalue weighted by atomic mass is 19.1. The van der Waals surface area contributed by atoms with Crippen molar-refractivity contribution in [2.45, 2.75) is 6.42 Å². The second kappa shape index (κ2) is 6.63. The van der Waals surface area contributed by atoms with Crippen molar-refractivity contribution in [3.8, 4) is 5.75 Å². The maximum atomic E-state index is 13.5. The molecule has 0 amide bonds. The Morgan fingerprint density at radius 3 is 3.00 bits per heavy atom. The van der Waals surface area contributed by atoms with E-state index in [0.29, 0.717) is 18.7 Å². The molecule has 2 rings (SSSR count). The minimum atomic E-state index is -0.507. The summed E-state index contributed by atoms with van der Waals surface area (Å²) in [5.41, 5.74) is 0.378. The van der Waals surface area contributed by atoms with E-state index in [4.69, 9.17) is 9.47 Å². The summed E-state index contributed by atoms with van der Waals surface area (Å²) in [6.45, 7) is 3.26. The lowest BCUT2D eigenvalue weighted by Gasteiger charge is -2.18. The van der Waals surface area contributed by atoms with Crippen molar-refractivity contribution in [3.63, 3.8) is 0 Å². The number of carbonyl (C=O) groups is 1. The number of ether oxygens (including phenoxy) is 2. The zero-order valence-corrected chi connectivity index (χ0v) is 11.0. The molecule has 0 radical (unpaired) electrons. The van der Waals surface area contributed by atoms with Gasteiger partial charge in [0.15, 0.2) is 17.3 Å². The van der Waals surface area contributed by atoms with Crippen molar-refractivity contribution in [2.24, 2.45) is 0 Å². The Hall–Kier alpha value is -1.46. The van der Waals surface area contributed by atoms with Gasteiger partial charge in [-0.3, -0.25) is 9.69 Å². The fourth-order valence-corrected chi connectivity index (χ4v) is 2.09. The Kier molecular flexibility index (Phi) is 4.87. The average Bonchev–Trinajstić information content (AvgIpc) is 2.67. The Morgan fingerprint density at radius 2 is 2.26 bits per heavy atom. The van der Waals surface area contributed by atoms with Crippen molar-refractivity contribution in [2.75, 3.05) is 40.0 Å². The second-order valence-corrected chi connectivity index (χ2v) is 4.51. The third-order valence-corrected chi connectivity index (χ3v) is 3.16. The van der Waals surface area contributed by atoms with Gasteiger partial charge in [-0.15, -0.1) is 0 Å². The number of carbonyl (C=O) groups excluding carboxylic acids is 1. The van der Waals surface area contributed by atoms with Gasteiger partial charge in [0, 0.05) is 25.3 Å². The van der Waals surface area contributed by atoms with E-state index in [9.17, 15) is 9.18 Å². The molecule has 1 heterocycles. The van der Waals surface area contributed by atoms with Gasteiger partial charge >= 0.3 is 0 Å². The van der Waals surface area contributed by atoms with Crippen LogP contribution in [0, 0.1) is 5.82 Å². The van der Waals surface area contributed by atoms with Crippen molar-refractivity contribution >= 4 is 5.78 Å². The van der Waals surface area contributed by atoms with Crippen LogP contribution in [0.3, 0.4) is 0 Å². The van der Waals surface area contributed by atoms with Gasteiger partial charge in [0.25, 0.3) is 0 Å². The molecule has 1 aliphatic heterocycles. The minimum absolute atomic E-state index is 0.0801. The molecule has 1 aromatic rings. The van der Waals surface area contributed by atoms with Crippen LogP contribution in [0.15, 0.2) is 18.2 Å². The highest BCUT2D eigenvalue weighted by molar-refractivity contribution is 5.97. The van der Waals surface area contributed by atoms with Crippen molar-refractivity contribution in [1.82, 2.24) is 4.90 Å². The van der Waals surface area contributed by atoms with E-state index in [1.165, 1.54) is 19.2 Å². The molecule has 0 atom stereocenters. The zero-order valence-electron chi connectivity index (χ0n) is 11.0. The van der Waals surface area contributed by atoms with E-state index in [0.717, 1.165) is 26.1 Å². The molecule has 0 bridgehead atoms. The summed E-state index contributed by atoms with van der Waals surface area (Å²) in [5, 5.41) is 0. The monoisotopic (exact) mass is 267 g/mol. The van der Waals surface area contributed by atoms with E-state index < -0.39 is 5.82 Å². The highest BCUT2D eigenvalue weighted by Crippen LogP contribution is 2.18. The fourth-order valence-electron chi connectivity index (χ4n) is 2.09. The smallest absolute Gasteiger partial charge is 0.176 e. The molecular weight excluding hydrogens is 249 g/mol. The number of hydrogen-bond acceptors (Lipinski definition) is 4. The van der Waals surface area contributed by atoms with Gasteiger partial charge in [-0.1, -0.05) is 0 Å². The first kappa shape index (κ1) is 14.0. The van der Waals surface area contributed by atoms with E-state index in [-0.39, 0.29) is 11.5 Å². The normalized spacial score (nSPS) is 16.9. The Bertz CT molecular complexity index is 442. The van der Waals surface area contributed by atoms with Crippen LogP contribution in [0.5, 0.6) is 5.75 Å². The van der Waals surface area contributed by atoms with Crippen LogP contribution < -0.4 is 4.74 Å². The van der Waals surface area contributed by atoms with Gasteiger partial charge in [0.05, 0.1) is 20.3 Å².